The van der Waals surface area contributed by atoms with Crippen molar-refractivity contribution in [3.8, 4) is 12.3 Å². The summed E-state index contributed by atoms with van der Waals surface area (Å²) in [5.41, 5.74) is 1.35. The Balaban J connectivity index is 1.92. The third-order valence-corrected chi connectivity index (χ3v) is 4.07. The van der Waals surface area contributed by atoms with Crippen molar-refractivity contribution in [3.05, 3.63) is 11.6 Å². The van der Waals surface area contributed by atoms with E-state index in [1.165, 1.54) is 5.57 Å². The summed E-state index contributed by atoms with van der Waals surface area (Å²) in [7, 11) is 0. The van der Waals surface area contributed by atoms with Gasteiger partial charge in [0.25, 0.3) is 0 Å². The lowest BCUT2D eigenvalue weighted by atomic mass is 9.57. The number of carboxylic acid groups (broad SMARTS) is 1. The first-order valence-electron chi connectivity index (χ1n) is 6.18. The number of allylic oxidation sites excluding steroid dienone is 2. The van der Waals surface area contributed by atoms with Crippen molar-refractivity contribution in [1.82, 2.24) is 0 Å². The van der Waals surface area contributed by atoms with Gasteiger partial charge in [0.15, 0.2) is 0 Å². The molecule has 0 amide bonds. The molecule has 3 heteroatoms. The number of hydrogen-bond acceptors (Lipinski definition) is 2. The predicted octanol–water partition coefficient (Wildman–Crippen LogP) is 1.82. The molecule has 0 aromatic heterocycles. The number of carboxylic acids is 1. The smallest absolute Gasteiger partial charge is 0.303 e. The molecule has 2 saturated carbocycles. The number of fused-ring (bicyclic) bond motifs is 1. The molecular weight excluding hydrogens is 216 g/mol. The van der Waals surface area contributed by atoms with Crippen LogP contribution >= 0.6 is 0 Å². The van der Waals surface area contributed by atoms with Crippen molar-refractivity contribution in [2.45, 2.75) is 38.2 Å². The molecule has 0 aromatic carbocycles. The molecule has 0 saturated heterocycles. The summed E-state index contributed by atoms with van der Waals surface area (Å²) in [4.78, 5) is 10.4. The quantitative estimate of drug-likeness (QED) is 0.578. The summed E-state index contributed by atoms with van der Waals surface area (Å²) in [6, 6.07) is 0. The minimum Gasteiger partial charge on any atom is -0.481 e. The maximum atomic E-state index is 10.4. The molecule has 2 aliphatic rings. The third-order valence-electron chi connectivity index (χ3n) is 4.07. The van der Waals surface area contributed by atoms with Gasteiger partial charge in [0.05, 0.1) is 6.10 Å². The molecule has 0 aromatic rings. The van der Waals surface area contributed by atoms with Crippen LogP contribution in [0.3, 0.4) is 0 Å². The molecule has 2 fully saturated rings. The number of carbonyl (C=O) groups is 1. The molecule has 0 radical (unpaired) electrons. The highest BCUT2D eigenvalue weighted by Crippen LogP contribution is 2.51. The van der Waals surface area contributed by atoms with Crippen molar-refractivity contribution < 1.29 is 15.0 Å². The topological polar surface area (TPSA) is 57.5 Å². The van der Waals surface area contributed by atoms with Gasteiger partial charge in [0.1, 0.15) is 0 Å². The van der Waals surface area contributed by atoms with Crippen LogP contribution in [0.5, 0.6) is 0 Å². The molecule has 0 unspecified atom stereocenters. The average Bonchev–Trinajstić information content (AvgIpc) is 2.25. The minimum absolute atomic E-state index is 0.00891. The third kappa shape index (κ3) is 2.37. The number of aliphatic hydroxyl groups is 1. The van der Waals surface area contributed by atoms with Crippen molar-refractivity contribution in [2.75, 3.05) is 0 Å². The highest BCUT2D eigenvalue weighted by molar-refractivity contribution is 5.66. The molecule has 0 aliphatic heterocycles. The van der Waals surface area contributed by atoms with Gasteiger partial charge >= 0.3 is 5.97 Å². The van der Waals surface area contributed by atoms with Crippen molar-refractivity contribution in [1.29, 1.82) is 0 Å². The van der Waals surface area contributed by atoms with E-state index < -0.39 is 5.97 Å². The normalized spacial score (nSPS) is 38.0. The van der Waals surface area contributed by atoms with Crippen molar-refractivity contribution in [3.63, 3.8) is 0 Å². The Labute approximate surface area is 102 Å². The molecule has 92 valence electrons. The lowest BCUT2D eigenvalue weighted by Gasteiger charge is -2.48. The zero-order valence-corrected chi connectivity index (χ0v) is 9.80. The first-order valence-corrected chi connectivity index (χ1v) is 6.18. The molecule has 2 rings (SSSR count). The first-order chi connectivity index (χ1) is 8.13. The Kier molecular flexibility index (Phi) is 3.54. The van der Waals surface area contributed by atoms with E-state index in [9.17, 15) is 9.90 Å². The van der Waals surface area contributed by atoms with E-state index in [2.05, 4.69) is 12.0 Å². The Bertz CT molecular complexity index is 377. The molecule has 0 spiro atoms. The van der Waals surface area contributed by atoms with Crippen LogP contribution in [0, 0.1) is 30.1 Å². The van der Waals surface area contributed by atoms with Gasteiger partial charge in [-0.15, -0.1) is 12.3 Å². The van der Waals surface area contributed by atoms with Gasteiger partial charge in [-0.1, -0.05) is 11.6 Å². The van der Waals surface area contributed by atoms with Gasteiger partial charge in [0.2, 0.25) is 0 Å². The SMILES string of the molecule is C#C[C@H]1[C@@H]2CC(=CCCC(=O)O)[C@@H]2CC[C@@H]1O. The lowest BCUT2D eigenvalue weighted by molar-refractivity contribution is -0.136. The first kappa shape index (κ1) is 12.2. The zero-order chi connectivity index (χ0) is 12.4. The fraction of sp³-hybridized carbons (Fsp3) is 0.643. The molecule has 2 aliphatic carbocycles. The summed E-state index contributed by atoms with van der Waals surface area (Å²) < 4.78 is 0. The van der Waals surface area contributed by atoms with Crippen LogP contribution in [0.2, 0.25) is 0 Å². The second-order valence-electron chi connectivity index (χ2n) is 5.02. The van der Waals surface area contributed by atoms with Gasteiger partial charge in [-0.2, -0.15) is 0 Å². The monoisotopic (exact) mass is 234 g/mol. The van der Waals surface area contributed by atoms with E-state index in [0.717, 1.165) is 19.3 Å². The highest BCUT2D eigenvalue weighted by atomic mass is 16.4. The molecule has 4 atom stereocenters. The second kappa shape index (κ2) is 4.93. The summed E-state index contributed by atoms with van der Waals surface area (Å²) in [6.07, 6.45) is 10.7. The number of rotatable bonds is 3. The van der Waals surface area contributed by atoms with E-state index in [-0.39, 0.29) is 18.4 Å². The predicted molar refractivity (Wildman–Crippen MR) is 64.1 cm³/mol. The fourth-order valence-electron chi connectivity index (χ4n) is 3.12. The van der Waals surface area contributed by atoms with E-state index in [1.54, 1.807) is 0 Å². The molecule has 0 bridgehead atoms. The van der Waals surface area contributed by atoms with Gasteiger partial charge in [-0.05, 0) is 37.5 Å². The lowest BCUT2D eigenvalue weighted by Crippen LogP contribution is -2.44. The van der Waals surface area contributed by atoms with Crippen LogP contribution in [0.1, 0.15) is 32.1 Å². The maximum Gasteiger partial charge on any atom is 0.303 e. The number of terminal acetylenes is 1. The molecule has 17 heavy (non-hydrogen) atoms. The Morgan fingerprint density at radius 3 is 2.94 bits per heavy atom. The van der Waals surface area contributed by atoms with Crippen LogP contribution in [-0.2, 0) is 4.79 Å². The maximum absolute atomic E-state index is 10.4. The van der Waals surface area contributed by atoms with E-state index in [1.807, 2.05) is 0 Å². The minimum atomic E-state index is -0.752. The fourth-order valence-corrected chi connectivity index (χ4v) is 3.12. The van der Waals surface area contributed by atoms with Crippen molar-refractivity contribution in [2.24, 2.45) is 17.8 Å². The molecular formula is C14H18O3. The van der Waals surface area contributed by atoms with Gasteiger partial charge < -0.3 is 10.2 Å². The van der Waals surface area contributed by atoms with E-state index in [4.69, 9.17) is 11.5 Å². The summed E-state index contributed by atoms with van der Waals surface area (Å²) in [6.45, 7) is 0. The van der Waals surface area contributed by atoms with Crippen LogP contribution < -0.4 is 0 Å². The Hall–Kier alpha value is -1.27. The molecule has 3 nitrogen and oxygen atoms in total. The Morgan fingerprint density at radius 1 is 1.53 bits per heavy atom. The van der Waals surface area contributed by atoms with Crippen LogP contribution in [0.25, 0.3) is 0 Å². The van der Waals surface area contributed by atoms with Crippen LogP contribution in [-0.4, -0.2) is 22.3 Å². The van der Waals surface area contributed by atoms with E-state index in [0.29, 0.717) is 18.3 Å². The second-order valence-corrected chi connectivity index (χ2v) is 5.02. The number of aliphatic hydroxyl groups excluding tert-OH is 1. The average molecular weight is 234 g/mol. The van der Waals surface area contributed by atoms with Gasteiger partial charge in [-0.3, -0.25) is 4.79 Å². The van der Waals surface area contributed by atoms with Gasteiger partial charge in [0, 0.05) is 12.3 Å². The summed E-state index contributed by atoms with van der Waals surface area (Å²) in [5.74, 6) is 2.86. The highest BCUT2D eigenvalue weighted by Gasteiger charge is 2.45. The number of hydrogen-bond donors (Lipinski definition) is 2. The van der Waals surface area contributed by atoms with E-state index >= 15 is 0 Å². The number of aliphatic carboxylic acids is 1. The standard InChI is InChI=1S/C14H18O3/c1-2-10-12-8-9(4-3-5-14(16)17)11(12)6-7-13(10)15/h1,4,10-13,15H,3,5-8H2,(H,16,17)/t10-,11-,12-,13-/m0/s1. The Morgan fingerprint density at radius 2 is 2.29 bits per heavy atom. The molecule has 0 heterocycles. The summed E-state index contributed by atoms with van der Waals surface area (Å²) >= 11 is 0. The zero-order valence-electron chi connectivity index (χ0n) is 9.80. The summed E-state index contributed by atoms with van der Waals surface area (Å²) in [5, 5.41) is 18.4. The van der Waals surface area contributed by atoms with Crippen LogP contribution in [0.4, 0.5) is 0 Å². The largest absolute Gasteiger partial charge is 0.481 e. The molecule has 2 N–H and O–H groups in total. The van der Waals surface area contributed by atoms with Crippen LogP contribution in [0.15, 0.2) is 11.6 Å². The van der Waals surface area contributed by atoms with Gasteiger partial charge in [-0.25, -0.2) is 0 Å². The van der Waals surface area contributed by atoms with Crippen molar-refractivity contribution >= 4 is 5.97 Å².